The van der Waals surface area contributed by atoms with Crippen LogP contribution in [0.15, 0.2) is 0 Å². The molecule has 0 aliphatic rings. The second kappa shape index (κ2) is 10.9. The van der Waals surface area contributed by atoms with Crippen molar-refractivity contribution in [1.82, 2.24) is 5.32 Å². The van der Waals surface area contributed by atoms with Crippen LogP contribution in [0.3, 0.4) is 0 Å². The molecule has 4 heteroatoms. The minimum absolute atomic E-state index is 0.209. The SMILES string of the molecule is CCCCOCCOC(=O)CNCC(C)C. The van der Waals surface area contributed by atoms with Gasteiger partial charge in [-0.3, -0.25) is 4.79 Å². The molecular formula is C12H25NO3. The van der Waals surface area contributed by atoms with Gasteiger partial charge in [0.2, 0.25) is 0 Å². The average molecular weight is 231 g/mol. The minimum Gasteiger partial charge on any atom is -0.462 e. The number of rotatable bonds is 10. The quantitative estimate of drug-likeness (QED) is 0.458. The highest BCUT2D eigenvalue weighted by atomic mass is 16.6. The van der Waals surface area contributed by atoms with E-state index in [1.54, 1.807) is 0 Å². The molecule has 0 aromatic carbocycles. The van der Waals surface area contributed by atoms with E-state index in [1.165, 1.54) is 0 Å². The Morgan fingerprint density at radius 3 is 2.62 bits per heavy atom. The van der Waals surface area contributed by atoms with Crippen molar-refractivity contribution in [2.45, 2.75) is 33.6 Å². The molecule has 0 radical (unpaired) electrons. The van der Waals surface area contributed by atoms with Crippen molar-refractivity contribution >= 4 is 5.97 Å². The van der Waals surface area contributed by atoms with E-state index in [0.717, 1.165) is 26.0 Å². The predicted molar refractivity (Wildman–Crippen MR) is 64.4 cm³/mol. The number of carbonyl (C=O) groups excluding carboxylic acids is 1. The molecular weight excluding hydrogens is 206 g/mol. The van der Waals surface area contributed by atoms with Crippen molar-refractivity contribution in [3.63, 3.8) is 0 Å². The zero-order chi connectivity index (χ0) is 12.2. The third-order valence-electron chi connectivity index (χ3n) is 1.95. The Hall–Kier alpha value is -0.610. The van der Waals surface area contributed by atoms with Crippen molar-refractivity contribution in [2.75, 3.05) is 32.9 Å². The molecule has 0 fully saturated rings. The highest BCUT2D eigenvalue weighted by Gasteiger charge is 2.02. The van der Waals surface area contributed by atoms with Crippen molar-refractivity contribution < 1.29 is 14.3 Å². The Labute approximate surface area is 98.7 Å². The van der Waals surface area contributed by atoms with Gasteiger partial charge in [0, 0.05) is 6.61 Å². The number of unbranched alkanes of at least 4 members (excludes halogenated alkanes) is 1. The Bertz CT molecular complexity index is 172. The molecule has 16 heavy (non-hydrogen) atoms. The Kier molecular flexibility index (Phi) is 10.5. The molecule has 0 heterocycles. The molecule has 0 saturated heterocycles. The number of esters is 1. The molecule has 0 saturated carbocycles. The van der Waals surface area contributed by atoms with E-state index < -0.39 is 0 Å². The highest BCUT2D eigenvalue weighted by molar-refractivity contribution is 5.71. The molecule has 0 rings (SSSR count). The lowest BCUT2D eigenvalue weighted by molar-refractivity contribution is -0.144. The average Bonchev–Trinajstić information content (AvgIpc) is 2.22. The number of nitrogens with one attached hydrogen (secondary N) is 1. The van der Waals surface area contributed by atoms with E-state index in [0.29, 0.717) is 19.1 Å². The van der Waals surface area contributed by atoms with E-state index >= 15 is 0 Å². The fraction of sp³-hybridized carbons (Fsp3) is 0.917. The second-order valence-corrected chi connectivity index (χ2v) is 4.21. The molecule has 0 aromatic rings. The molecule has 4 nitrogen and oxygen atoms in total. The fourth-order valence-corrected chi connectivity index (χ4v) is 1.08. The third kappa shape index (κ3) is 11.5. The first-order chi connectivity index (χ1) is 7.66. The van der Waals surface area contributed by atoms with Crippen molar-refractivity contribution in [3.05, 3.63) is 0 Å². The van der Waals surface area contributed by atoms with Gasteiger partial charge < -0.3 is 14.8 Å². The first-order valence-electron chi connectivity index (χ1n) is 6.10. The summed E-state index contributed by atoms with van der Waals surface area (Å²) in [6, 6.07) is 0. The molecule has 0 aromatic heterocycles. The monoisotopic (exact) mass is 231 g/mol. The molecule has 0 aliphatic heterocycles. The first-order valence-corrected chi connectivity index (χ1v) is 6.10. The summed E-state index contributed by atoms with van der Waals surface area (Å²) in [5.74, 6) is 0.338. The lowest BCUT2D eigenvalue weighted by Gasteiger charge is -2.08. The smallest absolute Gasteiger partial charge is 0.320 e. The molecule has 0 atom stereocenters. The summed E-state index contributed by atoms with van der Waals surface area (Å²) in [7, 11) is 0. The number of carbonyl (C=O) groups is 1. The van der Waals surface area contributed by atoms with Gasteiger partial charge in [-0.2, -0.15) is 0 Å². The van der Waals surface area contributed by atoms with E-state index in [1.807, 2.05) is 0 Å². The second-order valence-electron chi connectivity index (χ2n) is 4.21. The number of hydrogen-bond donors (Lipinski definition) is 1. The third-order valence-corrected chi connectivity index (χ3v) is 1.95. The Balaban J connectivity index is 3.17. The van der Waals surface area contributed by atoms with Crippen LogP contribution in [-0.4, -0.2) is 38.9 Å². The molecule has 0 spiro atoms. The van der Waals surface area contributed by atoms with Gasteiger partial charge in [-0.1, -0.05) is 27.2 Å². The Morgan fingerprint density at radius 2 is 2.00 bits per heavy atom. The summed E-state index contributed by atoms with van der Waals surface area (Å²) >= 11 is 0. The van der Waals surface area contributed by atoms with Crippen LogP contribution in [0, 0.1) is 5.92 Å². The summed E-state index contributed by atoms with van der Waals surface area (Å²) in [4.78, 5) is 11.2. The molecule has 0 bridgehead atoms. The summed E-state index contributed by atoms with van der Waals surface area (Å²) < 4.78 is 10.2. The molecule has 0 amide bonds. The van der Waals surface area contributed by atoms with Crippen LogP contribution in [0.2, 0.25) is 0 Å². The van der Waals surface area contributed by atoms with Gasteiger partial charge in [0.1, 0.15) is 6.61 Å². The fourth-order valence-electron chi connectivity index (χ4n) is 1.08. The van der Waals surface area contributed by atoms with E-state index in [4.69, 9.17) is 9.47 Å². The van der Waals surface area contributed by atoms with Crippen LogP contribution < -0.4 is 5.32 Å². The zero-order valence-corrected chi connectivity index (χ0v) is 10.8. The maximum Gasteiger partial charge on any atom is 0.320 e. The van der Waals surface area contributed by atoms with Gasteiger partial charge in [0.05, 0.1) is 13.2 Å². The van der Waals surface area contributed by atoms with Gasteiger partial charge in [-0.25, -0.2) is 0 Å². The van der Waals surface area contributed by atoms with E-state index in [2.05, 4.69) is 26.1 Å². The van der Waals surface area contributed by atoms with E-state index in [-0.39, 0.29) is 12.5 Å². The normalized spacial score (nSPS) is 10.8. The summed E-state index contributed by atoms with van der Waals surface area (Å²) in [6.07, 6.45) is 2.18. The molecule has 96 valence electrons. The van der Waals surface area contributed by atoms with Crippen LogP contribution >= 0.6 is 0 Å². The summed E-state index contributed by atoms with van der Waals surface area (Å²) in [5, 5.41) is 3.03. The maximum absolute atomic E-state index is 11.2. The van der Waals surface area contributed by atoms with Gasteiger partial charge >= 0.3 is 5.97 Å². The molecule has 0 aliphatic carbocycles. The Morgan fingerprint density at radius 1 is 1.25 bits per heavy atom. The van der Waals surface area contributed by atoms with Crippen LogP contribution in [-0.2, 0) is 14.3 Å². The zero-order valence-electron chi connectivity index (χ0n) is 10.8. The summed E-state index contributed by atoms with van der Waals surface area (Å²) in [6.45, 7) is 9.03. The van der Waals surface area contributed by atoms with Crippen LogP contribution in [0.4, 0.5) is 0 Å². The molecule has 0 unspecified atom stereocenters. The standard InChI is InChI=1S/C12H25NO3/c1-4-5-6-15-7-8-16-12(14)10-13-9-11(2)3/h11,13H,4-10H2,1-3H3. The van der Waals surface area contributed by atoms with Gasteiger partial charge in [-0.15, -0.1) is 0 Å². The van der Waals surface area contributed by atoms with Gasteiger partial charge in [-0.05, 0) is 18.9 Å². The van der Waals surface area contributed by atoms with Gasteiger partial charge in [0.25, 0.3) is 0 Å². The van der Waals surface area contributed by atoms with Crippen molar-refractivity contribution in [3.8, 4) is 0 Å². The van der Waals surface area contributed by atoms with Crippen molar-refractivity contribution in [1.29, 1.82) is 0 Å². The maximum atomic E-state index is 11.2. The lowest BCUT2D eigenvalue weighted by Crippen LogP contribution is -2.28. The topological polar surface area (TPSA) is 47.6 Å². The summed E-state index contributed by atoms with van der Waals surface area (Å²) in [5.41, 5.74) is 0. The lowest BCUT2D eigenvalue weighted by atomic mass is 10.2. The van der Waals surface area contributed by atoms with Crippen LogP contribution in [0.1, 0.15) is 33.6 Å². The van der Waals surface area contributed by atoms with Crippen LogP contribution in [0.25, 0.3) is 0 Å². The van der Waals surface area contributed by atoms with Gasteiger partial charge in [0.15, 0.2) is 0 Å². The van der Waals surface area contributed by atoms with E-state index in [9.17, 15) is 4.79 Å². The van der Waals surface area contributed by atoms with Crippen molar-refractivity contribution in [2.24, 2.45) is 5.92 Å². The first kappa shape index (κ1) is 15.4. The number of hydrogen-bond acceptors (Lipinski definition) is 4. The molecule has 1 N–H and O–H groups in total. The van der Waals surface area contributed by atoms with Crippen LogP contribution in [0.5, 0.6) is 0 Å². The highest BCUT2D eigenvalue weighted by Crippen LogP contribution is 1.89. The minimum atomic E-state index is -0.209. The predicted octanol–water partition coefficient (Wildman–Crippen LogP) is 1.59. The largest absolute Gasteiger partial charge is 0.462 e. The number of ether oxygens (including phenoxy) is 2.